The van der Waals surface area contributed by atoms with Crippen LogP contribution in [-0.2, 0) is 22.6 Å². The molecule has 0 saturated carbocycles. The molecule has 7 nitrogen and oxygen atoms in total. The first-order valence-electron chi connectivity index (χ1n) is 15.7. The first-order chi connectivity index (χ1) is 23.7. The summed E-state index contributed by atoms with van der Waals surface area (Å²) >= 11 is 0. The second-order valence-corrected chi connectivity index (χ2v) is 11.8. The van der Waals surface area contributed by atoms with Crippen LogP contribution in [0.5, 0.6) is 0 Å². The van der Waals surface area contributed by atoms with Crippen LogP contribution in [0.2, 0.25) is 0 Å². The number of ketones is 1. The van der Waals surface area contributed by atoms with Gasteiger partial charge in [-0.3, -0.25) is 14.4 Å². The molecule has 0 atom stereocenters. The quantitative estimate of drug-likeness (QED) is 0.112. The van der Waals surface area contributed by atoms with Gasteiger partial charge < -0.3 is 19.5 Å². The van der Waals surface area contributed by atoms with Crippen molar-refractivity contribution < 1.29 is 27.9 Å². The summed E-state index contributed by atoms with van der Waals surface area (Å²) in [6.07, 6.45) is 1.71. The monoisotopic (exact) mass is 663 g/mol. The van der Waals surface area contributed by atoms with Gasteiger partial charge in [0.1, 0.15) is 23.2 Å². The summed E-state index contributed by atoms with van der Waals surface area (Å²) in [5, 5.41) is 11.0. The standard InChI is InChI=1S/C39H32F3N3O4/c40-30-21-34(41)32(35(42)22-30)19-27-20-33(38(48)45(25-27)24-26-7-3-1-4-8-26)36(46)23-37(47)39(49)44-17-15-43(16-18-44)31-13-11-29(12-14-31)28-9-5-2-6-10-28/h1-14,20-23,25,46H,15-19,24H2. The van der Waals surface area contributed by atoms with Crippen LogP contribution in [0.3, 0.4) is 0 Å². The van der Waals surface area contributed by atoms with Gasteiger partial charge in [-0.15, -0.1) is 0 Å². The third-order valence-electron chi connectivity index (χ3n) is 8.49. The second-order valence-electron chi connectivity index (χ2n) is 11.8. The van der Waals surface area contributed by atoms with Crippen molar-refractivity contribution in [2.75, 3.05) is 31.1 Å². The van der Waals surface area contributed by atoms with Crippen LogP contribution in [0.1, 0.15) is 22.3 Å². The van der Waals surface area contributed by atoms with Gasteiger partial charge in [0.2, 0.25) is 5.78 Å². The van der Waals surface area contributed by atoms with E-state index >= 15 is 0 Å². The Morgan fingerprint density at radius 3 is 1.96 bits per heavy atom. The van der Waals surface area contributed by atoms with E-state index in [4.69, 9.17) is 0 Å². The van der Waals surface area contributed by atoms with Crippen LogP contribution in [0.15, 0.2) is 120 Å². The molecule has 1 fully saturated rings. The van der Waals surface area contributed by atoms with Crippen LogP contribution in [0.4, 0.5) is 18.9 Å². The maximum atomic E-state index is 14.5. The van der Waals surface area contributed by atoms with Crippen molar-refractivity contribution >= 4 is 23.1 Å². The van der Waals surface area contributed by atoms with Crippen molar-refractivity contribution in [1.29, 1.82) is 0 Å². The summed E-state index contributed by atoms with van der Waals surface area (Å²) < 4.78 is 43.8. The number of nitrogens with zero attached hydrogens (tertiary/aromatic N) is 3. The van der Waals surface area contributed by atoms with Crippen LogP contribution < -0.4 is 10.5 Å². The molecule has 2 heterocycles. The van der Waals surface area contributed by atoms with E-state index in [2.05, 4.69) is 4.90 Å². The van der Waals surface area contributed by atoms with E-state index in [1.54, 1.807) is 30.3 Å². The minimum absolute atomic E-state index is 0.0499. The number of aromatic nitrogens is 1. The van der Waals surface area contributed by atoms with E-state index in [0.29, 0.717) is 31.3 Å². The summed E-state index contributed by atoms with van der Waals surface area (Å²) in [5.74, 6) is -5.90. The molecule has 0 aliphatic carbocycles. The Bertz CT molecular complexity index is 2050. The maximum absolute atomic E-state index is 14.5. The number of anilines is 1. The highest BCUT2D eigenvalue weighted by molar-refractivity contribution is 6.41. The highest BCUT2D eigenvalue weighted by Gasteiger charge is 2.26. The molecule has 10 heteroatoms. The molecule has 0 spiro atoms. The molecular weight excluding hydrogens is 631 g/mol. The molecule has 49 heavy (non-hydrogen) atoms. The lowest BCUT2D eigenvalue weighted by Gasteiger charge is -2.35. The van der Waals surface area contributed by atoms with Gasteiger partial charge in [-0.05, 0) is 40.5 Å². The zero-order chi connectivity index (χ0) is 34.5. The number of aliphatic hydroxyl groups is 1. The fourth-order valence-electron chi connectivity index (χ4n) is 5.90. The van der Waals surface area contributed by atoms with Crippen molar-refractivity contribution in [2.45, 2.75) is 13.0 Å². The summed E-state index contributed by atoms with van der Waals surface area (Å²) in [5.41, 5.74) is 2.67. The normalized spacial score (nSPS) is 13.4. The fraction of sp³-hybridized carbons (Fsp3) is 0.154. The number of hydrogen-bond donors (Lipinski definition) is 1. The van der Waals surface area contributed by atoms with E-state index in [0.717, 1.165) is 22.4 Å². The van der Waals surface area contributed by atoms with Gasteiger partial charge in [-0.2, -0.15) is 0 Å². The molecule has 1 aliphatic rings. The van der Waals surface area contributed by atoms with Crippen LogP contribution >= 0.6 is 0 Å². The minimum Gasteiger partial charge on any atom is -0.507 e. The van der Waals surface area contributed by atoms with Gasteiger partial charge in [0.05, 0.1) is 12.1 Å². The summed E-state index contributed by atoms with van der Waals surface area (Å²) in [6, 6.07) is 29.3. The van der Waals surface area contributed by atoms with Crippen molar-refractivity contribution in [3.63, 3.8) is 0 Å². The van der Waals surface area contributed by atoms with E-state index in [1.807, 2.05) is 54.6 Å². The van der Waals surface area contributed by atoms with Crippen LogP contribution in [0, 0.1) is 17.5 Å². The Kier molecular flexibility index (Phi) is 9.75. The molecule has 4 aromatic carbocycles. The lowest BCUT2D eigenvalue weighted by molar-refractivity contribution is -0.142. The first kappa shape index (κ1) is 33.0. The number of aliphatic hydroxyl groups excluding tert-OH is 1. The SMILES string of the molecule is O=C(C=C(O)c1cc(Cc2c(F)cc(F)cc2F)cn(Cc2ccccc2)c1=O)C(=O)N1CCN(c2ccc(-c3ccccc3)cc2)CC1. The van der Waals surface area contributed by atoms with Crippen LogP contribution in [0.25, 0.3) is 16.9 Å². The molecular formula is C39H32F3N3O4. The smallest absolute Gasteiger partial charge is 0.294 e. The van der Waals surface area contributed by atoms with Crippen molar-refractivity contribution in [3.8, 4) is 11.1 Å². The lowest BCUT2D eigenvalue weighted by Crippen LogP contribution is -2.50. The molecule has 0 radical (unpaired) electrons. The fourth-order valence-corrected chi connectivity index (χ4v) is 5.90. The summed E-state index contributed by atoms with van der Waals surface area (Å²) in [4.78, 5) is 43.2. The molecule has 1 amide bonds. The van der Waals surface area contributed by atoms with Gasteiger partial charge >= 0.3 is 0 Å². The lowest BCUT2D eigenvalue weighted by atomic mass is 10.0. The molecule has 0 unspecified atom stereocenters. The molecule has 6 rings (SSSR count). The zero-order valence-electron chi connectivity index (χ0n) is 26.4. The van der Waals surface area contributed by atoms with Gasteiger partial charge in [-0.1, -0.05) is 72.8 Å². The topological polar surface area (TPSA) is 82.8 Å². The first-order valence-corrected chi connectivity index (χ1v) is 15.7. The number of halogens is 3. The highest BCUT2D eigenvalue weighted by atomic mass is 19.1. The van der Waals surface area contributed by atoms with Gasteiger partial charge in [0.25, 0.3) is 11.5 Å². The maximum Gasteiger partial charge on any atom is 0.294 e. The van der Waals surface area contributed by atoms with Gasteiger partial charge in [0, 0.05) is 68.3 Å². The molecule has 248 valence electrons. The van der Waals surface area contributed by atoms with Crippen molar-refractivity contribution in [2.24, 2.45) is 0 Å². The van der Waals surface area contributed by atoms with Gasteiger partial charge in [-0.25, -0.2) is 13.2 Å². The average molecular weight is 664 g/mol. The number of pyridine rings is 1. The average Bonchev–Trinajstić information content (AvgIpc) is 3.11. The molecule has 1 aromatic heterocycles. The van der Waals surface area contributed by atoms with E-state index in [1.165, 1.54) is 21.7 Å². The predicted molar refractivity (Wildman–Crippen MR) is 182 cm³/mol. The number of amides is 1. The molecule has 5 aromatic rings. The summed E-state index contributed by atoms with van der Waals surface area (Å²) in [6.45, 7) is 1.57. The minimum atomic E-state index is -1.11. The molecule has 1 saturated heterocycles. The molecule has 1 N–H and O–H groups in total. The number of rotatable bonds is 9. The van der Waals surface area contributed by atoms with Gasteiger partial charge in [0.15, 0.2) is 0 Å². The van der Waals surface area contributed by atoms with Crippen molar-refractivity contribution in [3.05, 3.63) is 165 Å². The highest BCUT2D eigenvalue weighted by Crippen LogP contribution is 2.24. The number of carbonyl (C=O) groups is 2. The number of piperazine rings is 1. The largest absolute Gasteiger partial charge is 0.507 e. The number of hydrogen-bond acceptors (Lipinski definition) is 5. The Balaban J connectivity index is 1.19. The Morgan fingerprint density at radius 2 is 1.33 bits per heavy atom. The van der Waals surface area contributed by atoms with E-state index < -0.39 is 46.0 Å². The Hall–Kier alpha value is -5.90. The van der Waals surface area contributed by atoms with E-state index in [-0.39, 0.29) is 37.2 Å². The molecule has 1 aliphatic heterocycles. The molecule has 0 bridgehead atoms. The number of carbonyl (C=O) groups excluding carboxylic acids is 2. The van der Waals surface area contributed by atoms with Crippen LogP contribution in [-0.4, -0.2) is 52.4 Å². The Morgan fingerprint density at radius 1 is 0.735 bits per heavy atom. The summed E-state index contributed by atoms with van der Waals surface area (Å²) in [7, 11) is 0. The third-order valence-corrected chi connectivity index (χ3v) is 8.49. The predicted octanol–water partition coefficient (Wildman–Crippen LogP) is 6.39. The second kappa shape index (κ2) is 14.5. The zero-order valence-corrected chi connectivity index (χ0v) is 26.4. The number of benzene rings is 4. The third kappa shape index (κ3) is 7.65. The van der Waals surface area contributed by atoms with Crippen molar-refractivity contribution in [1.82, 2.24) is 9.47 Å². The Labute approximate surface area is 280 Å². The van der Waals surface area contributed by atoms with E-state index in [9.17, 15) is 32.7 Å².